The van der Waals surface area contributed by atoms with Gasteiger partial charge in [-0.1, -0.05) is 57.5 Å². The topological polar surface area (TPSA) is 76.3 Å². The van der Waals surface area contributed by atoms with Crippen LogP contribution in [-0.4, -0.2) is 27.0 Å². The lowest BCUT2D eigenvalue weighted by molar-refractivity contribution is 0.103. The number of nitrogens with zero attached hydrogens (tertiary/aromatic N) is 3. The summed E-state index contributed by atoms with van der Waals surface area (Å²) in [6.07, 6.45) is 0. The van der Waals surface area contributed by atoms with Crippen molar-refractivity contribution in [1.82, 2.24) is 9.66 Å². The second-order valence-corrected chi connectivity index (χ2v) is 10.3. The number of amides is 1. The van der Waals surface area contributed by atoms with E-state index in [2.05, 4.69) is 31.3 Å². The van der Waals surface area contributed by atoms with Crippen LogP contribution in [-0.2, 0) is 0 Å². The zero-order valence-corrected chi connectivity index (χ0v) is 20.5. The number of nitrogens with one attached hydrogen (secondary N) is 1. The molecule has 1 aliphatic heterocycles. The molecule has 10 heteroatoms. The summed E-state index contributed by atoms with van der Waals surface area (Å²) >= 11 is 12.1. The van der Waals surface area contributed by atoms with Gasteiger partial charge in [0.25, 0.3) is 11.5 Å². The van der Waals surface area contributed by atoms with Crippen LogP contribution in [0.4, 0.5) is 5.69 Å². The van der Waals surface area contributed by atoms with Gasteiger partial charge in [0.2, 0.25) is 0 Å². The van der Waals surface area contributed by atoms with Crippen LogP contribution < -0.4 is 10.9 Å². The van der Waals surface area contributed by atoms with E-state index in [4.69, 9.17) is 11.6 Å². The molecule has 0 unspecified atom stereocenters. The van der Waals surface area contributed by atoms with Gasteiger partial charge in [0.15, 0.2) is 5.16 Å². The van der Waals surface area contributed by atoms with Crippen molar-refractivity contribution in [3.05, 3.63) is 84.4 Å². The van der Waals surface area contributed by atoms with Gasteiger partial charge in [0, 0.05) is 20.9 Å². The molecule has 0 radical (unpaired) electrons. The third-order valence-electron chi connectivity index (χ3n) is 4.94. The molecule has 0 aliphatic carbocycles. The minimum absolute atomic E-state index is 0.276. The average molecular weight is 546 g/mol. The number of thioether (sulfide) groups is 1. The number of benzene rings is 2. The number of carbonyl (C=O) groups excluding carboxylic acids is 1. The maximum atomic E-state index is 13.3. The highest BCUT2D eigenvalue weighted by atomic mass is 79.9. The van der Waals surface area contributed by atoms with Crippen molar-refractivity contribution in [2.75, 3.05) is 11.1 Å². The van der Waals surface area contributed by atoms with Gasteiger partial charge in [-0.15, -0.1) is 11.3 Å². The lowest BCUT2D eigenvalue weighted by Gasteiger charge is -2.15. The van der Waals surface area contributed by atoms with Crippen molar-refractivity contribution in [1.29, 1.82) is 0 Å². The second kappa shape index (κ2) is 8.47. The molecule has 32 heavy (non-hydrogen) atoms. The number of hydrogen-bond acceptors (Lipinski definition) is 6. The number of halogens is 2. The predicted molar refractivity (Wildman–Crippen MR) is 135 cm³/mol. The first-order valence-corrected chi connectivity index (χ1v) is 12.5. The van der Waals surface area contributed by atoms with Gasteiger partial charge in [-0.3, -0.25) is 9.59 Å². The fourth-order valence-corrected chi connectivity index (χ4v) is 5.85. The summed E-state index contributed by atoms with van der Waals surface area (Å²) in [5.41, 5.74) is 2.64. The van der Waals surface area contributed by atoms with Gasteiger partial charge in [-0.2, -0.15) is 9.78 Å². The molecule has 5 rings (SSSR count). The Morgan fingerprint density at radius 3 is 2.75 bits per heavy atom. The summed E-state index contributed by atoms with van der Waals surface area (Å²) < 4.78 is 2.32. The molecule has 1 N–H and O–H groups in total. The van der Waals surface area contributed by atoms with Crippen molar-refractivity contribution in [2.24, 2.45) is 5.10 Å². The SMILES string of the molecule is Cc1c(C(=O)Nc2cccc(Cl)c2)sc2nc3n(c(=O)c12)N=C(c1ccc(Br)cc1)CS3. The highest BCUT2D eigenvalue weighted by molar-refractivity contribution is 9.10. The molecule has 160 valence electrons. The van der Waals surface area contributed by atoms with E-state index in [1.807, 2.05) is 24.3 Å². The van der Waals surface area contributed by atoms with E-state index in [0.29, 0.717) is 42.3 Å². The Morgan fingerprint density at radius 2 is 2.00 bits per heavy atom. The van der Waals surface area contributed by atoms with E-state index in [0.717, 1.165) is 15.7 Å². The first-order chi connectivity index (χ1) is 15.4. The van der Waals surface area contributed by atoms with Crippen molar-refractivity contribution in [3.8, 4) is 0 Å². The normalized spacial score (nSPS) is 13.0. The van der Waals surface area contributed by atoms with E-state index in [9.17, 15) is 9.59 Å². The molecule has 0 fully saturated rings. The Morgan fingerprint density at radius 1 is 1.22 bits per heavy atom. The monoisotopic (exact) mass is 544 g/mol. The molecule has 0 saturated carbocycles. The van der Waals surface area contributed by atoms with Gasteiger partial charge in [0.1, 0.15) is 4.83 Å². The Bertz CT molecular complexity index is 1480. The second-order valence-electron chi connectivity index (χ2n) is 7.05. The van der Waals surface area contributed by atoms with Crippen LogP contribution in [0, 0.1) is 6.92 Å². The Balaban J connectivity index is 1.56. The number of carbonyl (C=O) groups is 1. The Labute approximate surface area is 204 Å². The number of hydrogen-bond donors (Lipinski definition) is 1. The fourth-order valence-electron chi connectivity index (χ4n) is 3.37. The van der Waals surface area contributed by atoms with Crippen molar-refractivity contribution in [3.63, 3.8) is 0 Å². The molecule has 2 aromatic heterocycles. The summed E-state index contributed by atoms with van der Waals surface area (Å²) in [7, 11) is 0. The number of aryl methyl sites for hydroxylation is 1. The molecule has 1 amide bonds. The number of thiophene rings is 1. The van der Waals surface area contributed by atoms with Gasteiger partial charge in [-0.05, 0) is 48.4 Å². The predicted octanol–water partition coefficient (Wildman–Crippen LogP) is 5.79. The lowest BCUT2D eigenvalue weighted by atomic mass is 10.1. The van der Waals surface area contributed by atoms with E-state index < -0.39 is 0 Å². The number of rotatable bonds is 3. The maximum absolute atomic E-state index is 13.3. The number of aromatic nitrogens is 2. The highest BCUT2D eigenvalue weighted by Gasteiger charge is 2.24. The Hall–Kier alpha value is -2.46. The summed E-state index contributed by atoms with van der Waals surface area (Å²) in [6, 6.07) is 14.7. The first kappa shape index (κ1) is 21.4. The fraction of sp³-hybridized carbons (Fsp3) is 0.0909. The van der Waals surface area contributed by atoms with Crippen LogP contribution in [0.2, 0.25) is 5.02 Å². The summed E-state index contributed by atoms with van der Waals surface area (Å²) in [5, 5.41) is 8.88. The van der Waals surface area contributed by atoms with Crippen LogP contribution in [0.15, 0.2) is 68.1 Å². The maximum Gasteiger partial charge on any atom is 0.283 e. The molecule has 3 heterocycles. The van der Waals surface area contributed by atoms with Crippen LogP contribution in [0.1, 0.15) is 20.8 Å². The van der Waals surface area contributed by atoms with E-state index in [-0.39, 0.29) is 11.5 Å². The molecule has 0 bridgehead atoms. The largest absolute Gasteiger partial charge is 0.321 e. The average Bonchev–Trinajstić information content (AvgIpc) is 3.11. The van der Waals surface area contributed by atoms with Crippen LogP contribution in [0.5, 0.6) is 0 Å². The van der Waals surface area contributed by atoms with Crippen LogP contribution in [0.25, 0.3) is 10.2 Å². The zero-order valence-electron chi connectivity index (χ0n) is 16.6. The minimum atomic E-state index is -0.304. The summed E-state index contributed by atoms with van der Waals surface area (Å²) in [6.45, 7) is 1.76. The standard InChI is InChI=1S/C22H14BrClN4O2S2/c1-11-17-20(32-18(11)19(29)25-15-4-2-3-14(24)9-15)26-22-28(21(17)30)27-16(10-31-22)12-5-7-13(23)8-6-12/h2-9H,10H2,1H3,(H,25,29). The molecule has 6 nitrogen and oxygen atoms in total. The zero-order chi connectivity index (χ0) is 22.4. The molecular formula is C22H14BrClN4O2S2. The lowest BCUT2D eigenvalue weighted by Crippen LogP contribution is -2.25. The van der Waals surface area contributed by atoms with Crippen molar-refractivity contribution >= 4 is 78.2 Å². The molecule has 4 aromatic rings. The van der Waals surface area contributed by atoms with Gasteiger partial charge >= 0.3 is 0 Å². The van der Waals surface area contributed by atoms with Crippen LogP contribution in [0.3, 0.4) is 0 Å². The first-order valence-electron chi connectivity index (χ1n) is 9.50. The summed E-state index contributed by atoms with van der Waals surface area (Å²) in [5.74, 6) is 0.299. The molecular weight excluding hydrogens is 532 g/mol. The van der Waals surface area contributed by atoms with E-state index in [1.54, 1.807) is 31.2 Å². The third-order valence-corrected chi connectivity index (χ3v) is 7.83. The van der Waals surface area contributed by atoms with Crippen molar-refractivity contribution < 1.29 is 4.79 Å². The molecule has 2 aromatic carbocycles. The minimum Gasteiger partial charge on any atom is -0.321 e. The van der Waals surface area contributed by atoms with Crippen molar-refractivity contribution in [2.45, 2.75) is 12.1 Å². The van der Waals surface area contributed by atoms with Crippen LogP contribution >= 0.6 is 50.6 Å². The molecule has 1 aliphatic rings. The molecule has 0 atom stereocenters. The quantitative estimate of drug-likeness (QED) is 0.331. The number of fused-ring (bicyclic) bond motifs is 2. The highest BCUT2D eigenvalue weighted by Crippen LogP contribution is 2.31. The Kier molecular flexibility index (Phi) is 5.66. The molecule has 0 spiro atoms. The van der Waals surface area contributed by atoms with E-state index in [1.165, 1.54) is 27.8 Å². The van der Waals surface area contributed by atoms with Gasteiger partial charge in [0.05, 0.1) is 16.0 Å². The third kappa shape index (κ3) is 3.90. The van der Waals surface area contributed by atoms with Gasteiger partial charge in [-0.25, -0.2) is 4.98 Å². The van der Waals surface area contributed by atoms with Gasteiger partial charge < -0.3 is 5.32 Å². The molecule has 0 saturated heterocycles. The summed E-state index contributed by atoms with van der Waals surface area (Å²) in [4.78, 5) is 31.8. The number of anilines is 1. The van der Waals surface area contributed by atoms with E-state index >= 15 is 0 Å². The smallest absolute Gasteiger partial charge is 0.283 e.